The van der Waals surface area contributed by atoms with Crippen molar-refractivity contribution in [1.82, 2.24) is 10.0 Å². The summed E-state index contributed by atoms with van der Waals surface area (Å²) >= 11 is 0. The SMILES string of the molecule is CS(=O)(=O)NCCNCc1cccc2ccccc12. The Hall–Kier alpha value is -1.43. The molecule has 0 amide bonds. The van der Waals surface area contributed by atoms with Crippen LogP contribution in [0, 0.1) is 0 Å². The van der Waals surface area contributed by atoms with E-state index in [0.29, 0.717) is 13.1 Å². The first-order valence-corrected chi connectivity index (χ1v) is 8.07. The molecule has 0 atom stereocenters. The van der Waals surface area contributed by atoms with Crippen molar-refractivity contribution >= 4 is 20.8 Å². The largest absolute Gasteiger partial charge is 0.311 e. The fourth-order valence-electron chi connectivity index (χ4n) is 1.99. The zero-order chi connectivity index (χ0) is 13.7. The van der Waals surface area contributed by atoms with Crippen LogP contribution < -0.4 is 10.0 Å². The molecule has 2 N–H and O–H groups in total. The van der Waals surface area contributed by atoms with Crippen molar-refractivity contribution in [3.05, 3.63) is 48.0 Å². The van der Waals surface area contributed by atoms with Crippen molar-refractivity contribution in [2.45, 2.75) is 6.54 Å². The van der Waals surface area contributed by atoms with E-state index in [0.717, 1.165) is 12.8 Å². The monoisotopic (exact) mass is 278 g/mol. The highest BCUT2D eigenvalue weighted by atomic mass is 32.2. The van der Waals surface area contributed by atoms with Crippen LogP contribution in [0.1, 0.15) is 5.56 Å². The summed E-state index contributed by atoms with van der Waals surface area (Å²) in [5.74, 6) is 0. The zero-order valence-corrected chi connectivity index (χ0v) is 11.7. The van der Waals surface area contributed by atoms with Crippen LogP contribution in [0.25, 0.3) is 10.8 Å². The van der Waals surface area contributed by atoms with Gasteiger partial charge in [0.05, 0.1) is 6.26 Å². The topological polar surface area (TPSA) is 58.2 Å². The van der Waals surface area contributed by atoms with E-state index < -0.39 is 10.0 Å². The number of benzene rings is 2. The lowest BCUT2D eigenvalue weighted by atomic mass is 10.0. The Labute approximate surface area is 113 Å². The number of sulfonamides is 1. The molecule has 0 aromatic heterocycles. The van der Waals surface area contributed by atoms with Gasteiger partial charge in [0.1, 0.15) is 0 Å². The molecule has 2 rings (SSSR count). The molecular weight excluding hydrogens is 260 g/mol. The van der Waals surface area contributed by atoms with E-state index in [1.54, 1.807) is 0 Å². The molecule has 102 valence electrons. The molecule has 0 saturated carbocycles. The standard InChI is InChI=1S/C14H18N2O2S/c1-19(17,18)16-10-9-15-11-13-7-4-6-12-5-2-3-8-14(12)13/h2-8,15-16H,9-11H2,1H3. The maximum Gasteiger partial charge on any atom is 0.208 e. The highest BCUT2D eigenvalue weighted by Gasteiger charge is 2.01. The fraction of sp³-hybridized carbons (Fsp3) is 0.286. The minimum absolute atomic E-state index is 0.406. The highest BCUT2D eigenvalue weighted by Crippen LogP contribution is 2.17. The van der Waals surface area contributed by atoms with E-state index in [2.05, 4.69) is 34.3 Å². The van der Waals surface area contributed by atoms with Gasteiger partial charge in [-0.3, -0.25) is 0 Å². The molecule has 0 fully saturated rings. The van der Waals surface area contributed by atoms with Gasteiger partial charge in [-0.25, -0.2) is 13.1 Å². The van der Waals surface area contributed by atoms with Gasteiger partial charge in [0.25, 0.3) is 0 Å². The molecule has 4 nitrogen and oxygen atoms in total. The van der Waals surface area contributed by atoms with Gasteiger partial charge in [-0.15, -0.1) is 0 Å². The summed E-state index contributed by atoms with van der Waals surface area (Å²) in [4.78, 5) is 0. The molecule has 0 saturated heterocycles. The first kappa shape index (κ1) is 14.0. The van der Waals surface area contributed by atoms with Crippen molar-refractivity contribution < 1.29 is 8.42 Å². The Kier molecular flexibility index (Phi) is 4.52. The third kappa shape index (κ3) is 4.31. The second-order valence-electron chi connectivity index (χ2n) is 4.48. The summed E-state index contributed by atoms with van der Waals surface area (Å²) in [7, 11) is -3.09. The number of nitrogens with one attached hydrogen (secondary N) is 2. The van der Waals surface area contributed by atoms with Crippen molar-refractivity contribution in [2.75, 3.05) is 19.3 Å². The van der Waals surface area contributed by atoms with Crippen LogP contribution in [-0.4, -0.2) is 27.8 Å². The number of rotatable bonds is 6. The minimum Gasteiger partial charge on any atom is -0.311 e. The summed E-state index contributed by atoms with van der Waals surface area (Å²) < 4.78 is 24.3. The molecule has 0 aliphatic carbocycles. The molecule has 0 bridgehead atoms. The predicted octanol–water partition coefficient (Wildman–Crippen LogP) is 1.48. The van der Waals surface area contributed by atoms with Crippen LogP contribution in [0.3, 0.4) is 0 Å². The summed E-state index contributed by atoms with van der Waals surface area (Å²) in [6.45, 7) is 1.74. The van der Waals surface area contributed by atoms with Crippen LogP contribution in [0.2, 0.25) is 0 Å². The van der Waals surface area contributed by atoms with Gasteiger partial charge in [0.15, 0.2) is 0 Å². The Bertz CT molecular complexity index is 648. The van der Waals surface area contributed by atoms with E-state index in [1.165, 1.54) is 16.3 Å². The summed E-state index contributed by atoms with van der Waals surface area (Å²) in [6, 6.07) is 14.4. The third-order valence-corrected chi connectivity index (χ3v) is 3.59. The van der Waals surface area contributed by atoms with Gasteiger partial charge < -0.3 is 5.32 Å². The highest BCUT2D eigenvalue weighted by molar-refractivity contribution is 7.88. The second-order valence-corrected chi connectivity index (χ2v) is 6.31. The molecule has 0 radical (unpaired) electrons. The van der Waals surface area contributed by atoms with Gasteiger partial charge in [0, 0.05) is 19.6 Å². The van der Waals surface area contributed by atoms with Gasteiger partial charge in [-0.2, -0.15) is 0 Å². The Morgan fingerprint density at radius 2 is 1.74 bits per heavy atom. The number of hydrogen-bond acceptors (Lipinski definition) is 3. The van der Waals surface area contributed by atoms with Crippen LogP contribution in [0.4, 0.5) is 0 Å². The second kappa shape index (κ2) is 6.14. The zero-order valence-electron chi connectivity index (χ0n) is 10.9. The minimum atomic E-state index is -3.09. The average Bonchev–Trinajstić information content (AvgIpc) is 2.37. The van der Waals surface area contributed by atoms with Crippen LogP contribution in [0.5, 0.6) is 0 Å². The molecular formula is C14H18N2O2S. The Morgan fingerprint density at radius 3 is 2.53 bits per heavy atom. The van der Waals surface area contributed by atoms with Crippen molar-refractivity contribution in [2.24, 2.45) is 0 Å². The van der Waals surface area contributed by atoms with E-state index >= 15 is 0 Å². The lowest BCUT2D eigenvalue weighted by Crippen LogP contribution is -2.30. The smallest absolute Gasteiger partial charge is 0.208 e. The third-order valence-electron chi connectivity index (χ3n) is 2.86. The van der Waals surface area contributed by atoms with E-state index in [4.69, 9.17) is 0 Å². The number of hydrogen-bond donors (Lipinski definition) is 2. The van der Waals surface area contributed by atoms with Gasteiger partial charge in [0.2, 0.25) is 10.0 Å². The lowest BCUT2D eigenvalue weighted by molar-refractivity contribution is 0.582. The molecule has 0 aliphatic rings. The maximum absolute atomic E-state index is 10.9. The molecule has 0 aliphatic heterocycles. The molecule has 0 unspecified atom stereocenters. The maximum atomic E-state index is 10.9. The molecule has 0 heterocycles. The van der Waals surface area contributed by atoms with E-state index in [-0.39, 0.29) is 0 Å². The van der Waals surface area contributed by atoms with Crippen molar-refractivity contribution in [3.63, 3.8) is 0 Å². The van der Waals surface area contributed by atoms with Crippen LogP contribution in [-0.2, 0) is 16.6 Å². The summed E-state index contributed by atoms with van der Waals surface area (Å²) in [5, 5.41) is 5.69. The van der Waals surface area contributed by atoms with Crippen molar-refractivity contribution in [1.29, 1.82) is 0 Å². The normalized spacial score (nSPS) is 11.8. The first-order valence-electron chi connectivity index (χ1n) is 6.18. The average molecular weight is 278 g/mol. The van der Waals surface area contributed by atoms with Crippen molar-refractivity contribution in [3.8, 4) is 0 Å². The van der Waals surface area contributed by atoms with Gasteiger partial charge >= 0.3 is 0 Å². The quantitative estimate of drug-likeness (QED) is 0.787. The molecule has 2 aromatic rings. The number of fused-ring (bicyclic) bond motifs is 1. The summed E-state index contributed by atoms with van der Waals surface area (Å²) in [6.07, 6.45) is 1.16. The molecule has 0 spiro atoms. The Morgan fingerprint density at radius 1 is 1.00 bits per heavy atom. The van der Waals surface area contributed by atoms with E-state index in [1.807, 2.05) is 18.2 Å². The van der Waals surface area contributed by atoms with Crippen LogP contribution >= 0.6 is 0 Å². The molecule has 5 heteroatoms. The Balaban J connectivity index is 1.92. The predicted molar refractivity (Wildman–Crippen MR) is 78.5 cm³/mol. The molecule has 2 aromatic carbocycles. The van der Waals surface area contributed by atoms with Gasteiger partial charge in [-0.1, -0.05) is 42.5 Å². The molecule has 19 heavy (non-hydrogen) atoms. The summed E-state index contributed by atoms with van der Waals surface area (Å²) in [5.41, 5.74) is 1.22. The van der Waals surface area contributed by atoms with Crippen LogP contribution in [0.15, 0.2) is 42.5 Å². The first-order chi connectivity index (χ1) is 9.06. The fourth-order valence-corrected chi connectivity index (χ4v) is 2.47. The van der Waals surface area contributed by atoms with E-state index in [9.17, 15) is 8.42 Å². The lowest BCUT2D eigenvalue weighted by Gasteiger charge is -2.08. The van der Waals surface area contributed by atoms with Gasteiger partial charge in [-0.05, 0) is 16.3 Å².